The van der Waals surface area contributed by atoms with Crippen LogP contribution in [0.3, 0.4) is 0 Å². The summed E-state index contributed by atoms with van der Waals surface area (Å²) in [6.07, 6.45) is 0.0646. The van der Waals surface area contributed by atoms with Crippen molar-refractivity contribution in [2.75, 3.05) is 26.3 Å². The van der Waals surface area contributed by atoms with Crippen LogP contribution in [0.2, 0.25) is 0 Å². The zero-order valence-electron chi connectivity index (χ0n) is 16.3. The van der Waals surface area contributed by atoms with E-state index in [1.54, 1.807) is 44.4 Å². The molecule has 0 fully saturated rings. The van der Waals surface area contributed by atoms with E-state index in [1.165, 1.54) is 7.11 Å². The van der Waals surface area contributed by atoms with Crippen LogP contribution in [0.5, 0.6) is 23.0 Å². The maximum Gasteiger partial charge on any atom is 0.231 e. The van der Waals surface area contributed by atoms with E-state index in [1.807, 2.05) is 6.07 Å². The smallest absolute Gasteiger partial charge is 0.231 e. The van der Waals surface area contributed by atoms with Crippen LogP contribution in [0.4, 0.5) is 5.69 Å². The summed E-state index contributed by atoms with van der Waals surface area (Å²) in [6, 6.07) is 10.6. The molecule has 1 aliphatic rings. The lowest BCUT2D eigenvalue weighted by atomic mass is 10.2. The molecule has 4 rings (SSSR count). The predicted octanol–water partition coefficient (Wildman–Crippen LogP) is 3.58. The topological polar surface area (TPSA) is 92.1 Å². The van der Waals surface area contributed by atoms with Crippen LogP contribution in [0.1, 0.15) is 11.5 Å². The van der Waals surface area contributed by atoms with Crippen molar-refractivity contribution in [3.8, 4) is 34.5 Å². The number of oxazole rings is 1. The summed E-state index contributed by atoms with van der Waals surface area (Å²) < 4.78 is 26.9. The Morgan fingerprint density at radius 3 is 2.72 bits per heavy atom. The van der Waals surface area contributed by atoms with E-state index in [9.17, 15) is 4.79 Å². The minimum absolute atomic E-state index is 0.0646. The van der Waals surface area contributed by atoms with Gasteiger partial charge in [-0.25, -0.2) is 4.98 Å². The molecule has 0 atom stereocenters. The Morgan fingerprint density at radius 2 is 1.93 bits per heavy atom. The number of anilines is 1. The largest absolute Gasteiger partial charge is 0.497 e. The molecule has 3 aromatic rings. The third-order valence-corrected chi connectivity index (χ3v) is 4.52. The monoisotopic (exact) mass is 396 g/mol. The molecule has 1 N–H and O–H groups in total. The first kappa shape index (κ1) is 18.7. The van der Waals surface area contributed by atoms with E-state index in [4.69, 9.17) is 23.4 Å². The van der Waals surface area contributed by atoms with Gasteiger partial charge in [0, 0.05) is 11.6 Å². The number of rotatable bonds is 6. The van der Waals surface area contributed by atoms with Crippen LogP contribution in [-0.4, -0.2) is 31.9 Å². The lowest BCUT2D eigenvalue weighted by Gasteiger charge is -2.11. The van der Waals surface area contributed by atoms with Gasteiger partial charge >= 0.3 is 0 Å². The number of nitrogens with zero attached hydrogens (tertiary/aromatic N) is 1. The number of aromatic nitrogens is 1. The van der Waals surface area contributed by atoms with Gasteiger partial charge in [-0.2, -0.15) is 0 Å². The van der Waals surface area contributed by atoms with Crippen LogP contribution in [0.15, 0.2) is 40.8 Å². The standard InChI is InChI=1S/C21H20N2O6/c1-12-16(10-20(24)22-15-6-5-14(25-2)9-18(15)26-3)23-21(29-12)13-4-7-17-19(8-13)28-11-27-17/h4-9H,10-11H2,1-3H3,(H,22,24). The summed E-state index contributed by atoms with van der Waals surface area (Å²) in [5, 5.41) is 2.83. The molecule has 8 nitrogen and oxygen atoms in total. The zero-order valence-corrected chi connectivity index (χ0v) is 16.3. The number of hydrogen-bond donors (Lipinski definition) is 1. The molecule has 1 aliphatic heterocycles. The summed E-state index contributed by atoms with van der Waals surface area (Å²) in [6.45, 7) is 1.98. The van der Waals surface area contributed by atoms with Gasteiger partial charge in [-0.3, -0.25) is 4.79 Å². The highest BCUT2D eigenvalue weighted by Gasteiger charge is 2.19. The minimum Gasteiger partial charge on any atom is -0.497 e. The molecule has 0 unspecified atom stereocenters. The van der Waals surface area contributed by atoms with E-state index in [0.29, 0.717) is 46.0 Å². The number of fused-ring (bicyclic) bond motifs is 1. The van der Waals surface area contributed by atoms with Gasteiger partial charge in [-0.05, 0) is 37.3 Å². The van der Waals surface area contributed by atoms with Crippen molar-refractivity contribution in [3.05, 3.63) is 47.9 Å². The van der Waals surface area contributed by atoms with Crippen molar-refractivity contribution in [2.24, 2.45) is 0 Å². The number of methoxy groups -OCH3 is 2. The molecule has 2 aromatic carbocycles. The SMILES string of the molecule is COc1ccc(NC(=O)Cc2nc(-c3ccc4c(c3)OCO4)oc2C)c(OC)c1. The highest BCUT2D eigenvalue weighted by molar-refractivity contribution is 5.93. The van der Waals surface area contributed by atoms with Gasteiger partial charge in [-0.15, -0.1) is 0 Å². The van der Waals surface area contributed by atoms with E-state index in [-0.39, 0.29) is 19.1 Å². The highest BCUT2D eigenvalue weighted by atomic mass is 16.7. The average Bonchev–Trinajstić information content (AvgIpc) is 3.34. The van der Waals surface area contributed by atoms with Gasteiger partial charge in [-0.1, -0.05) is 0 Å². The second-order valence-corrected chi connectivity index (χ2v) is 6.38. The van der Waals surface area contributed by atoms with Gasteiger partial charge in [0.1, 0.15) is 17.3 Å². The zero-order chi connectivity index (χ0) is 20.4. The first-order valence-corrected chi connectivity index (χ1v) is 8.95. The summed E-state index contributed by atoms with van der Waals surface area (Å²) in [4.78, 5) is 17.0. The number of carbonyl (C=O) groups is 1. The van der Waals surface area contributed by atoms with E-state index in [2.05, 4.69) is 10.3 Å². The summed E-state index contributed by atoms with van der Waals surface area (Å²) >= 11 is 0. The molecule has 29 heavy (non-hydrogen) atoms. The molecule has 1 aromatic heterocycles. The molecule has 0 spiro atoms. The Kier molecular flexibility index (Phi) is 4.99. The Hall–Kier alpha value is -3.68. The quantitative estimate of drug-likeness (QED) is 0.681. The van der Waals surface area contributed by atoms with Crippen molar-refractivity contribution in [1.82, 2.24) is 4.98 Å². The Labute approximate surface area is 167 Å². The predicted molar refractivity (Wildman–Crippen MR) is 105 cm³/mol. The Bertz CT molecular complexity index is 1060. The normalized spacial score (nSPS) is 12.0. The van der Waals surface area contributed by atoms with Crippen molar-refractivity contribution in [1.29, 1.82) is 0 Å². The first-order valence-electron chi connectivity index (χ1n) is 8.95. The number of benzene rings is 2. The minimum atomic E-state index is -0.234. The average molecular weight is 396 g/mol. The fraction of sp³-hybridized carbons (Fsp3) is 0.238. The second kappa shape index (κ2) is 7.75. The molecule has 0 bridgehead atoms. The number of ether oxygens (including phenoxy) is 4. The molecule has 0 aliphatic carbocycles. The number of hydrogen-bond acceptors (Lipinski definition) is 7. The lowest BCUT2D eigenvalue weighted by Crippen LogP contribution is -2.15. The van der Waals surface area contributed by atoms with E-state index < -0.39 is 0 Å². The van der Waals surface area contributed by atoms with Crippen LogP contribution < -0.4 is 24.3 Å². The second-order valence-electron chi connectivity index (χ2n) is 6.38. The van der Waals surface area contributed by atoms with Gasteiger partial charge in [0.25, 0.3) is 0 Å². The molecule has 1 amide bonds. The molecule has 0 saturated heterocycles. The van der Waals surface area contributed by atoms with Crippen molar-refractivity contribution in [3.63, 3.8) is 0 Å². The fourth-order valence-corrected chi connectivity index (χ4v) is 2.99. The number of amides is 1. The Morgan fingerprint density at radius 1 is 1.10 bits per heavy atom. The molecule has 2 heterocycles. The third kappa shape index (κ3) is 3.82. The summed E-state index contributed by atoms with van der Waals surface area (Å²) in [5.41, 5.74) is 1.86. The lowest BCUT2D eigenvalue weighted by molar-refractivity contribution is -0.115. The van der Waals surface area contributed by atoms with Gasteiger partial charge in [0.05, 0.1) is 32.0 Å². The third-order valence-electron chi connectivity index (χ3n) is 4.52. The molecule has 0 saturated carbocycles. The van der Waals surface area contributed by atoms with Crippen molar-refractivity contribution in [2.45, 2.75) is 13.3 Å². The van der Waals surface area contributed by atoms with Crippen LogP contribution in [0, 0.1) is 6.92 Å². The van der Waals surface area contributed by atoms with Crippen molar-refractivity contribution < 1.29 is 28.2 Å². The van der Waals surface area contributed by atoms with Gasteiger partial charge < -0.3 is 28.7 Å². The molecule has 0 radical (unpaired) electrons. The van der Waals surface area contributed by atoms with E-state index >= 15 is 0 Å². The Balaban J connectivity index is 1.49. The summed E-state index contributed by atoms with van der Waals surface area (Å²) in [7, 11) is 3.10. The van der Waals surface area contributed by atoms with Crippen LogP contribution in [-0.2, 0) is 11.2 Å². The maximum atomic E-state index is 12.5. The molecular formula is C21H20N2O6. The number of aryl methyl sites for hydroxylation is 1. The summed E-state index contributed by atoms with van der Waals surface area (Å²) in [5.74, 6) is 3.24. The highest BCUT2D eigenvalue weighted by Crippen LogP contribution is 2.36. The van der Waals surface area contributed by atoms with Crippen LogP contribution >= 0.6 is 0 Å². The van der Waals surface area contributed by atoms with E-state index in [0.717, 1.165) is 5.56 Å². The van der Waals surface area contributed by atoms with Crippen LogP contribution in [0.25, 0.3) is 11.5 Å². The fourth-order valence-electron chi connectivity index (χ4n) is 2.99. The van der Waals surface area contributed by atoms with Gasteiger partial charge in [0.2, 0.25) is 18.6 Å². The number of carbonyl (C=O) groups excluding carboxylic acids is 1. The number of nitrogens with one attached hydrogen (secondary N) is 1. The molecular weight excluding hydrogens is 376 g/mol. The van der Waals surface area contributed by atoms with Gasteiger partial charge in [0.15, 0.2) is 11.5 Å². The first-order chi connectivity index (χ1) is 14.1. The molecule has 150 valence electrons. The maximum absolute atomic E-state index is 12.5. The molecule has 8 heteroatoms. The van der Waals surface area contributed by atoms with Crippen molar-refractivity contribution >= 4 is 11.6 Å².